The highest BCUT2D eigenvalue weighted by atomic mass is 15.0. The molecule has 0 aromatic carbocycles. The van der Waals surface area contributed by atoms with Crippen molar-refractivity contribution < 1.29 is 0 Å². The Morgan fingerprint density at radius 1 is 1.86 bits per heavy atom. The zero-order valence-electron chi connectivity index (χ0n) is 3.63. The fourth-order valence-corrected chi connectivity index (χ4v) is 0.310. The molecule has 0 unspecified atom stereocenters. The molecule has 0 aliphatic heterocycles. The third-order valence-corrected chi connectivity index (χ3v) is 0.614. The first-order valence-corrected chi connectivity index (χ1v) is 1.84. The van der Waals surface area contributed by atoms with E-state index in [-0.39, 0.29) is 0 Å². The van der Waals surface area contributed by atoms with Gasteiger partial charge < -0.3 is 0 Å². The number of nitrogens with zero attached hydrogens (tertiary/aromatic N) is 2. The highest BCUT2D eigenvalue weighted by Crippen LogP contribution is 1.73. The molecule has 35 valence electrons. The van der Waals surface area contributed by atoms with Gasteiger partial charge in [0, 0.05) is 12.4 Å². The quantitative estimate of drug-likeness (QED) is 0.390. The molecule has 1 aromatic rings. The standard InChI is InChI=1S/C4H4N3/c5-3-7-2-1-6-4-7/h1-3,5H. The van der Waals surface area contributed by atoms with Gasteiger partial charge in [-0.05, 0) is 0 Å². The van der Waals surface area contributed by atoms with Crippen molar-refractivity contribution in [3.63, 3.8) is 0 Å². The van der Waals surface area contributed by atoms with E-state index in [2.05, 4.69) is 11.3 Å². The fourth-order valence-electron chi connectivity index (χ4n) is 0.310. The van der Waals surface area contributed by atoms with Gasteiger partial charge >= 0.3 is 0 Å². The first kappa shape index (κ1) is 4.05. The predicted molar refractivity (Wildman–Crippen MR) is 25.2 cm³/mol. The molecule has 1 rings (SSSR count). The first-order valence-electron chi connectivity index (χ1n) is 1.84. The van der Waals surface area contributed by atoms with Crippen LogP contribution in [0.15, 0.2) is 12.4 Å². The Balaban J connectivity index is 2.96. The molecule has 1 aromatic heterocycles. The Hall–Kier alpha value is -1.12. The van der Waals surface area contributed by atoms with Crippen LogP contribution in [0.1, 0.15) is 0 Å². The summed E-state index contributed by atoms with van der Waals surface area (Å²) in [6.07, 6.45) is 6.86. The number of rotatable bonds is 1. The lowest BCUT2D eigenvalue weighted by Crippen LogP contribution is -1.86. The van der Waals surface area contributed by atoms with E-state index < -0.39 is 0 Å². The third-order valence-electron chi connectivity index (χ3n) is 0.614. The normalized spacial score (nSPS) is 8.57. The molecule has 0 amide bonds. The molecule has 7 heavy (non-hydrogen) atoms. The van der Waals surface area contributed by atoms with Crippen LogP contribution in [0.4, 0.5) is 0 Å². The lowest BCUT2D eigenvalue weighted by molar-refractivity contribution is 1.13. The van der Waals surface area contributed by atoms with Crippen LogP contribution >= 0.6 is 0 Å². The molecule has 0 aliphatic rings. The van der Waals surface area contributed by atoms with Gasteiger partial charge in [-0.2, -0.15) is 0 Å². The average molecular weight is 94.1 g/mol. The van der Waals surface area contributed by atoms with E-state index in [4.69, 9.17) is 5.41 Å². The van der Waals surface area contributed by atoms with Gasteiger partial charge in [-0.25, -0.2) is 4.98 Å². The number of hydrogen-bond acceptors (Lipinski definition) is 2. The first-order chi connectivity index (χ1) is 3.43. The Morgan fingerprint density at radius 2 is 2.71 bits per heavy atom. The van der Waals surface area contributed by atoms with Gasteiger partial charge in [0.25, 0.3) is 0 Å². The lowest BCUT2D eigenvalue weighted by Gasteiger charge is -1.77. The van der Waals surface area contributed by atoms with Crippen molar-refractivity contribution >= 4 is 6.34 Å². The van der Waals surface area contributed by atoms with Crippen molar-refractivity contribution in [2.45, 2.75) is 0 Å². The van der Waals surface area contributed by atoms with Gasteiger partial charge in [0.2, 0.25) is 0 Å². The van der Waals surface area contributed by atoms with Gasteiger partial charge in [0.15, 0.2) is 6.33 Å². The average Bonchev–Trinajstić information content (AvgIpc) is 2.14. The van der Waals surface area contributed by atoms with Crippen LogP contribution in [0.2, 0.25) is 0 Å². The van der Waals surface area contributed by atoms with Gasteiger partial charge in [-0.1, -0.05) is 0 Å². The molecule has 0 saturated carbocycles. The lowest BCUT2D eigenvalue weighted by atomic mass is 10.9. The molecular weight excluding hydrogens is 90.1 g/mol. The summed E-state index contributed by atoms with van der Waals surface area (Å²) in [6.45, 7) is 0. The Kier molecular flexibility index (Phi) is 0.898. The number of aromatic nitrogens is 2. The summed E-state index contributed by atoms with van der Waals surface area (Å²) in [5, 5.41) is 6.63. The van der Waals surface area contributed by atoms with Crippen molar-refractivity contribution in [1.82, 2.24) is 9.55 Å². The van der Waals surface area contributed by atoms with Crippen LogP contribution in [0.3, 0.4) is 0 Å². The van der Waals surface area contributed by atoms with Gasteiger partial charge in [0.05, 0.1) is 6.34 Å². The summed E-state index contributed by atoms with van der Waals surface area (Å²) >= 11 is 0. The Bertz CT molecular complexity index is 142. The van der Waals surface area contributed by atoms with Crippen molar-refractivity contribution in [3.8, 4) is 0 Å². The summed E-state index contributed by atoms with van der Waals surface area (Å²) in [6, 6.07) is 0. The number of nitrogens with one attached hydrogen (secondary N) is 1. The van der Waals surface area contributed by atoms with Gasteiger partial charge in [-0.3, -0.25) is 9.98 Å². The number of imidazole rings is 1. The van der Waals surface area contributed by atoms with Crippen molar-refractivity contribution in [1.29, 1.82) is 5.41 Å². The molecule has 0 saturated heterocycles. The molecular formula is C4H4N3. The topological polar surface area (TPSA) is 41.7 Å². The van der Waals surface area contributed by atoms with E-state index in [9.17, 15) is 0 Å². The SMILES string of the molecule is N=Cn1[c]ncc1. The summed E-state index contributed by atoms with van der Waals surface area (Å²) in [7, 11) is 0. The molecule has 3 nitrogen and oxygen atoms in total. The highest BCUT2D eigenvalue weighted by Gasteiger charge is 1.76. The maximum atomic E-state index is 6.63. The maximum absolute atomic E-state index is 6.63. The minimum Gasteiger partial charge on any atom is -0.291 e. The highest BCUT2D eigenvalue weighted by molar-refractivity contribution is 5.52. The van der Waals surface area contributed by atoms with E-state index in [1.165, 1.54) is 4.57 Å². The zero-order chi connectivity index (χ0) is 5.11. The molecule has 0 atom stereocenters. The Morgan fingerprint density at radius 3 is 3.00 bits per heavy atom. The van der Waals surface area contributed by atoms with Crippen LogP contribution in [0, 0.1) is 11.7 Å². The molecule has 1 heterocycles. The van der Waals surface area contributed by atoms with E-state index in [1.807, 2.05) is 0 Å². The van der Waals surface area contributed by atoms with Crippen LogP contribution in [0.25, 0.3) is 0 Å². The second-order valence-electron chi connectivity index (χ2n) is 1.06. The van der Waals surface area contributed by atoms with E-state index in [0.717, 1.165) is 6.34 Å². The monoisotopic (exact) mass is 94.0 g/mol. The maximum Gasteiger partial charge on any atom is 0.182 e. The number of hydrogen-bond donors (Lipinski definition) is 1. The molecule has 0 fully saturated rings. The van der Waals surface area contributed by atoms with Crippen LogP contribution in [-0.4, -0.2) is 15.9 Å². The van der Waals surface area contributed by atoms with E-state index in [0.29, 0.717) is 0 Å². The van der Waals surface area contributed by atoms with Crippen LogP contribution in [-0.2, 0) is 0 Å². The second kappa shape index (κ2) is 1.55. The smallest absolute Gasteiger partial charge is 0.182 e. The van der Waals surface area contributed by atoms with Crippen molar-refractivity contribution in [3.05, 3.63) is 18.7 Å². The summed E-state index contributed by atoms with van der Waals surface area (Å²) in [4.78, 5) is 3.58. The molecule has 3 heteroatoms. The van der Waals surface area contributed by atoms with E-state index in [1.54, 1.807) is 12.4 Å². The van der Waals surface area contributed by atoms with Crippen molar-refractivity contribution in [2.24, 2.45) is 0 Å². The zero-order valence-corrected chi connectivity index (χ0v) is 3.63. The van der Waals surface area contributed by atoms with Crippen molar-refractivity contribution in [2.75, 3.05) is 0 Å². The predicted octanol–water partition coefficient (Wildman–Crippen LogP) is 0.138. The minimum atomic E-state index is 1.13. The minimum absolute atomic E-state index is 1.13. The molecule has 1 radical (unpaired) electrons. The van der Waals surface area contributed by atoms with Crippen LogP contribution in [0.5, 0.6) is 0 Å². The Labute approximate surface area is 41.1 Å². The summed E-state index contributed by atoms with van der Waals surface area (Å²) in [5.74, 6) is 0. The van der Waals surface area contributed by atoms with Crippen LogP contribution < -0.4 is 0 Å². The van der Waals surface area contributed by atoms with Gasteiger partial charge in [-0.15, -0.1) is 0 Å². The third kappa shape index (κ3) is 0.652. The molecule has 0 aliphatic carbocycles. The molecule has 1 N–H and O–H groups in total. The molecule has 0 spiro atoms. The van der Waals surface area contributed by atoms with Gasteiger partial charge in [0.1, 0.15) is 0 Å². The second-order valence-corrected chi connectivity index (χ2v) is 1.06. The van der Waals surface area contributed by atoms with E-state index >= 15 is 0 Å². The summed E-state index contributed by atoms with van der Waals surface area (Å²) < 4.78 is 1.43. The summed E-state index contributed by atoms with van der Waals surface area (Å²) in [5.41, 5.74) is 0. The molecule has 0 bridgehead atoms. The largest absolute Gasteiger partial charge is 0.291 e. The fraction of sp³-hybridized carbons (Fsp3) is 0.